The molecule has 0 aliphatic rings. The van der Waals surface area contributed by atoms with E-state index in [4.69, 9.17) is 4.42 Å². The normalized spacial score (nSPS) is 10.8. The van der Waals surface area contributed by atoms with Crippen molar-refractivity contribution >= 4 is 11.9 Å². The number of halogens is 1. The minimum Gasteiger partial charge on any atom is -0.461 e. The van der Waals surface area contributed by atoms with Crippen LogP contribution in [0.3, 0.4) is 0 Å². The summed E-state index contributed by atoms with van der Waals surface area (Å²) in [5, 5.41) is 0. The van der Waals surface area contributed by atoms with Crippen LogP contribution in [-0.4, -0.2) is 5.78 Å². The molecule has 2 aromatic rings. The molecule has 1 aromatic carbocycles. The van der Waals surface area contributed by atoms with E-state index in [-0.39, 0.29) is 11.6 Å². The van der Waals surface area contributed by atoms with E-state index in [9.17, 15) is 9.18 Å². The standard InChI is InChI=1S/C13H9FO2/c14-11-6-3-10(4-7-11)5-8-12(15)13-2-1-9-16-13/h1-9H. The predicted molar refractivity (Wildman–Crippen MR) is 58.5 cm³/mol. The maximum atomic E-state index is 12.6. The highest BCUT2D eigenvalue weighted by atomic mass is 19.1. The molecular weight excluding hydrogens is 207 g/mol. The summed E-state index contributed by atoms with van der Waals surface area (Å²) in [5.74, 6) is -0.220. The van der Waals surface area contributed by atoms with Crippen molar-refractivity contribution in [2.24, 2.45) is 0 Å². The highest BCUT2D eigenvalue weighted by Gasteiger charge is 2.03. The van der Waals surface area contributed by atoms with E-state index in [2.05, 4.69) is 0 Å². The van der Waals surface area contributed by atoms with Gasteiger partial charge in [0.15, 0.2) is 5.76 Å². The highest BCUT2D eigenvalue weighted by Crippen LogP contribution is 2.07. The molecule has 2 nitrogen and oxygen atoms in total. The number of hydrogen-bond acceptors (Lipinski definition) is 2. The van der Waals surface area contributed by atoms with Crippen LogP contribution in [0.1, 0.15) is 16.1 Å². The van der Waals surface area contributed by atoms with Crippen LogP contribution < -0.4 is 0 Å². The second-order valence-corrected chi connectivity index (χ2v) is 3.23. The zero-order valence-electron chi connectivity index (χ0n) is 8.39. The molecule has 0 spiro atoms. The molecule has 80 valence electrons. The summed E-state index contributed by atoms with van der Waals surface area (Å²) in [6.45, 7) is 0. The van der Waals surface area contributed by atoms with Crippen molar-refractivity contribution in [1.29, 1.82) is 0 Å². The van der Waals surface area contributed by atoms with Gasteiger partial charge < -0.3 is 4.42 Å². The topological polar surface area (TPSA) is 30.2 Å². The van der Waals surface area contributed by atoms with Crippen LogP contribution in [0.5, 0.6) is 0 Å². The summed E-state index contributed by atoms with van der Waals surface area (Å²) in [7, 11) is 0. The van der Waals surface area contributed by atoms with Gasteiger partial charge in [0.2, 0.25) is 5.78 Å². The lowest BCUT2D eigenvalue weighted by Gasteiger charge is -1.92. The zero-order valence-corrected chi connectivity index (χ0v) is 8.39. The van der Waals surface area contributed by atoms with E-state index in [0.717, 1.165) is 5.56 Å². The number of carbonyl (C=O) groups is 1. The SMILES string of the molecule is O=C(C=Cc1ccc(F)cc1)c1ccco1. The van der Waals surface area contributed by atoms with Crippen molar-refractivity contribution in [2.45, 2.75) is 0 Å². The van der Waals surface area contributed by atoms with Crippen LogP contribution in [0.25, 0.3) is 6.08 Å². The summed E-state index contributed by atoms with van der Waals surface area (Å²) in [5.41, 5.74) is 0.765. The molecule has 0 aliphatic heterocycles. The van der Waals surface area contributed by atoms with Gasteiger partial charge in [-0.1, -0.05) is 18.2 Å². The van der Waals surface area contributed by atoms with Crippen LogP contribution in [0, 0.1) is 5.82 Å². The van der Waals surface area contributed by atoms with Gasteiger partial charge >= 0.3 is 0 Å². The minimum atomic E-state index is -0.297. The Labute approximate surface area is 92.0 Å². The van der Waals surface area contributed by atoms with E-state index >= 15 is 0 Å². The molecule has 0 saturated carbocycles. The molecule has 1 aromatic heterocycles. The molecule has 16 heavy (non-hydrogen) atoms. The minimum absolute atomic E-state index is 0.214. The first-order valence-corrected chi connectivity index (χ1v) is 4.77. The molecule has 0 radical (unpaired) electrons. The molecule has 0 unspecified atom stereocenters. The van der Waals surface area contributed by atoms with Crippen LogP contribution in [-0.2, 0) is 0 Å². The average molecular weight is 216 g/mol. The number of benzene rings is 1. The van der Waals surface area contributed by atoms with Crippen LogP contribution in [0.2, 0.25) is 0 Å². The van der Waals surface area contributed by atoms with E-state index in [1.807, 2.05) is 0 Å². The van der Waals surface area contributed by atoms with Crippen LogP contribution in [0.15, 0.2) is 53.2 Å². The average Bonchev–Trinajstić information content (AvgIpc) is 2.81. The number of furan rings is 1. The quantitative estimate of drug-likeness (QED) is 0.582. The number of carbonyl (C=O) groups excluding carboxylic acids is 1. The van der Waals surface area contributed by atoms with Crippen molar-refractivity contribution in [2.75, 3.05) is 0 Å². The van der Waals surface area contributed by atoms with Gasteiger partial charge in [0.1, 0.15) is 5.82 Å². The largest absolute Gasteiger partial charge is 0.461 e. The van der Waals surface area contributed by atoms with Gasteiger partial charge in [0.25, 0.3) is 0 Å². The Bertz CT molecular complexity index is 495. The second-order valence-electron chi connectivity index (χ2n) is 3.23. The zero-order chi connectivity index (χ0) is 11.4. The fraction of sp³-hybridized carbons (Fsp3) is 0. The fourth-order valence-corrected chi connectivity index (χ4v) is 1.25. The lowest BCUT2D eigenvalue weighted by Crippen LogP contribution is -1.90. The molecule has 0 fully saturated rings. The molecule has 0 atom stereocenters. The third kappa shape index (κ3) is 2.45. The first kappa shape index (κ1) is 10.4. The Balaban J connectivity index is 2.10. The Morgan fingerprint density at radius 2 is 1.94 bits per heavy atom. The second kappa shape index (κ2) is 4.57. The summed E-state index contributed by atoms with van der Waals surface area (Å²) >= 11 is 0. The smallest absolute Gasteiger partial charge is 0.221 e. The summed E-state index contributed by atoms with van der Waals surface area (Å²) in [6.07, 6.45) is 4.45. The van der Waals surface area contributed by atoms with E-state index in [1.165, 1.54) is 24.5 Å². The molecule has 0 aliphatic carbocycles. The van der Waals surface area contributed by atoms with Gasteiger partial charge in [0, 0.05) is 0 Å². The van der Waals surface area contributed by atoms with Crippen molar-refractivity contribution in [3.05, 3.63) is 65.9 Å². The lowest BCUT2D eigenvalue weighted by atomic mass is 10.2. The third-order valence-electron chi connectivity index (χ3n) is 2.06. The molecular formula is C13H9FO2. The van der Waals surface area contributed by atoms with Crippen molar-refractivity contribution < 1.29 is 13.6 Å². The molecule has 2 rings (SSSR count). The lowest BCUT2D eigenvalue weighted by molar-refractivity contribution is 0.102. The Kier molecular flexibility index (Phi) is 2.96. The highest BCUT2D eigenvalue weighted by molar-refractivity contribution is 6.04. The van der Waals surface area contributed by atoms with E-state index < -0.39 is 0 Å². The number of rotatable bonds is 3. The Hall–Kier alpha value is -2.16. The Morgan fingerprint density at radius 1 is 1.19 bits per heavy atom. The van der Waals surface area contributed by atoms with Gasteiger partial charge in [-0.25, -0.2) is 4.39 Å². The van der Waals surface area contributed by atoms with E-state index in [0.29, 0.717) is 5.76 Å². The third-order valence-corrected chi connectivity index (χ3v) is 2.06. The number of allylic oxidation sites excluding steroid dienone is 1. The first-order valence-electron chi connectivity index (χ1n) is 4.77. The van der Waals surface area contributed by atoms with Crippen LogP contribution in [0.4, 0.5) is 4.39 Å². The summed E-state index contributed by atoms with van der Waals surface area (Å²) < 4.78 is 17.5. The molecule has 3 heteroatoms. The maximum absolute atomic E-state index is 12.6. The summed E-state index contributed by atoms with van der Waals surface area (Å²) in [6, 6.07) is 9.13. The first-order chi connectivity index (χ1) is 7.75. The van der Waals surface area contributed by atoms with Gasteiger partial charge in [-0.05, 0) is 35.9 Å². The molecule has 0 saturated heterocycles. The van der Waals surface area contributed by atoms with Crippen LogP contribution >= 0.6 is 0 Å². The van der Waals surface area contributed by atoms with Gasteiger partial charge in [-0.15, -0.1) is 0 Å². The number of hydrogen-bond donors (Lipinski definition) is 0. The van der Waals surface area contributed by atoms with Crippen molar-refractivity contribution in [3.8, 4) is 0 Å². The number of ketones is 1. The molecule has 0 N–H and O–H groups in total. The fourth-order valence-electron chi connectivity index (χ4n) is 1.25. The summed E-state index contributed by atoms with van der Waals surface area (Å²) in [4.78, 5) is 11.5. The van der Waals surface area contributed by atoms with Crippen molar-refractivity contribution in [1.82, 2.24) is 0 Å². The molecule has 1 heterocycles. The predicted octanol–water partition coefficient (Wildman–Crippen LogP) is 3.31. The monoisotopic (exact) mass is 216 g/mol. The van der Waals surface area contributed by atoms with Gasteiger partial charge in [0.05, 0.1) is 6.26 Å². The van der Waals surface area contributed by atoms with E-state index in [1.54, 1.807) is 30.3 Å². The van der Waals surface area contributed by atoms with Crippen molar-refractivity contribution in [3.63, 3.8) is 0 Å². The Morgan fingerprint density at radius 3 is 2.56 bits per heavy atom. The maximum Gasteiger partial charge on any atom is 0.221 e. The molecule has 0 amide bonds. The molecule has 0 bridgehead atoms. The van der Waals surface area contributed by atoms with Gasteiger partial charge in [-0.2, -0.15) is 0 Å². The van der Waals surface area contributed by atoms with Gasteiger partial charge in [-0.3, -0.25) is 4.79 Å².